The van der Waals surface area contributed by atoms with Gasteiger partial charge in [0.15, 0.2) is 0 Å². The molecule has 0 fully saturated rings. The van der Waals surface area contributed by atoms with Gasteiger partial charge in [0.1, 0.15) is 0 Å². The van der Waals surface area contributed by atoms with Gasteiger partial charge in [-0.25, -0.2) is 0 Å². The van der Waals surface area contributed by atoms with Crippen LogP contribution in [0.4, 0.5) is 0 Å². The Labute approximate surface area is 50.7 Å². The average molecular weight is 112 g/mol. The smallest absolute Gasteiger partial charge is 0.0465 e. The fourth-order valence-corrected chi connectivity index (χ4v) is 0.341. The summed E-state index contributed by atoms with van der Waals surface area (Å²) in [6.45, 7) is 4.03. The maximum atomic E-state index is 8.49. The molecule has 0 aromatic carbocycles. The van der Waals surface area contributed by atoms with Crippen LogP contribution in [0.1, 0.15) is 20.3 Å². The molecule has 0 aliphatic heterocycles. The normalized spacial score (nSPS) is 11.9. The summed E-state index contributed by atoms with van der Waals surface area (Å²) >= 11 is 0. The van der Waals surface area contributed by atoms with E-state index in [0.29, 0.717) is 5.92 Å². The zero-order valence-corrected chi connectivity index (χ0v) is 5.44. The van der Waals surface area contributed by atoms with Gasteiger partial charge in [-0.2, -0.15) is 0 Å². The van der Waals surface area contributed by atoms with Gasteiger partial charge in [-0.15, -0.1) is 11.8 Å². The van der Waals surface area contributed by atoms with E-state index in [2.05, 4.69) is 11.8 Å². The lowest BCUT2D eigenvalue weighted by atomic mass is 10.1. The molecule has 8 heavy (non-hydrogen) atoms. The lowest BCUT2D eigenvalue weighted by Crippen LogP contribution is -1.97. The first-order valence-corrected chi connectivity index (χ1v) is 2.81. The van der Waals surface area contributed by atoms with E-state index in [-0.39, 0.29) is 6.61 Å². The van der Waals surface area contributed by atoms with Crippen LogP contribution in [0, 0.1) is 17.8 Å². The van der Waals surface area contributed by atoms with Crippen LogP contribution >= 0.6 is 0 Å². The van der Waals surface area contributed by atoms with Gasteiger partial charge in [0.25, 0.3) is 0 Å². The molecule has 46 valence electrons. The van der Waals surface area contributed by atoms with Crippen LogP contribution in [0.2, 0.25) is 0 Å². The summed E-state index contributed by atoms with van der Waals surface area (Å²) in [5.74, 6) is 6.00. The van der Waals surface area contributed by atoms with E-state index in [4.69, 9.17) is 5.11 Å². The molecule has 1 heteroatoms. The molecule has 1 N–H and O–H groups in total. The van der Waals surface area contributed by atoms with E-state index in [0.717, 1.165) is 6.42 Å². The van der Waals surface area contributed by atoms with Crippen molar-refractivity contribution < 1.29 is 5.11 Å². The number of hydrogen-bond donors (Lipinski definition) is 1. The molecule has 1 atom stereocenters. The number of hydrogen-bond acceptors (Lipinski definition) is 1. The topological polar surface area (TPSA) is 20.2 Å². The van der Waals surface area contributed by atoms with Crippen LogP contribution in [0.25, 0.3) is 0 Å². The van der Waals surface area contributed by atoms with Crippen molar-refractivity contribution in [3.63, 3.8) is 0 Å². The Morgan fingerprint density at radius 1 is 1.62 bits per heavy atom. The molecular formula is C7H12O. The fraction of sp³-hybridized carbons (Fsp3) is 0.714. The predicted molar refractivity (Wildman–Crippen MR) is 34.3 cm³/mol. The molecule has 0 rings (SSSR count). The van der Waals surface area contributed by atoms with Crippen LogP contribution in [-0.4, -0.2) is 11.7 Å². The first kappa shape index (κ1) is 7.52. The van der Waals surface area contributed by atoms with Crippen molar-refractivity contribution in [2.75, 3.05) is 6.61 Å². The van der Waals surface area contributed by atoms with E-state index < -0.39 is 0 Å². The Kier molecular flexibility index (Phi) is 4.39. The largest absolute Gasteiger partial charge is 0.396 e. The van der Waals surface area contributed by atoms with Gasteiger partial charge in [0.2, 0.25) is 0 Å². The molecule has 0 aliphatic rings. The Bertz CT molecular complexity index is 96.7. The Morgan fingerprint density at radius 2 is 2.25 bits per heavy atom. The van der Waals surface area contributed by atoms with E-state index in [1.807, 2.05) is 13.8 Å². The van der Waals surface area contributed by atoms with Crippen LogP contribution in [0.5, 0.6) is 0 Å². The average Bonchev–Trinajstić information content (AvgIpc) is 1.83. The summed E-state index contributed by atoms with van der Waals surface area (Å²) in [5.41, 5.74) is 0. The number of rotatable bonds is 2. The van der Waals surface area contributed by atoms with Gasteiger partial charge < -0.3 is 5.11 Å². The summed E-state index contributed by atoms with van der Waals surface area (Å²) in [4.78, 5) is 0. The summed E-state index contributed by atoms with van der Waals surface area (Å²) in [5, 5.41) is 8.49. The Morgan fingerprint density at radius 3 is 2.62 bits per heavy atom. The summed E-state index contributed by atoms with van der Waals surface area (Å²) in [7, 11) is 0. The van der Waals surface area contributed by atoms with Crippen LogP contribution in [0.3, 0.4) is 0 Å². The van der Waals surface area contributed by atoms with E-state index in [9.17, 15) is 0 Å². The highest BCUT2D eigenvalue weighted by molar-refractivity contribution is 4.95. The Hall–Kier alpha value is -0.480. The fourth-order valence-electron chi connectivity index (χ4n) is 0.341. The SMILES string of the molecule is CC#CC[C@@H](C)CO. The monoisotopic (exact) mass is 112 g/mol. The molecule has 0 saturated heterocycles. The van der Waals surface area contributed by atoms with Crippen molar-refractivity contribution in [1.29, 1.82) is 0 Å². The van der Waals surface area contributed by atoms with Crippen molar-refractivity contribution in [3.8, 4) is 11.8 Å². The van der Waals surface area contributed by atoms with Crippen molar-refractivity contribution in [1.82, 2.24) is 0 Å². The maximum absolute atomic E-state index is 8.49. The van der Waals surface area contributed by atoms with Gasteiger partial charge in [-0.05, 0) is 12.8 Å². The van der Waals surface area contributed by atoms with Crippen molar-refractivity contribution in [2.24, 2.45) is 5.92 Å². The van der Waals surface area contributed by atoms with Crippen LogP contribution < -0.4 is 0 Å². The second-order valence-electron chi connectivity index (χ2n) is 1.92. The molecule has 0 amide bonds. The zero-order valence-electron chi connectivity index (χ0n) is 5.44. The molecule has 0 unspecified atom stereocenters. The van der Waals surface area contributed by atoms with Crippen molar-refractivity contribution in [3.05, 3.63) is 0 Å². The molecule has 0 heterocycles. The molecule has 0 spiro atoms. The van der Waals surface area contributed by atoms with Crippen LogP contribution in [-0.2, 0) is 0 Å². The van der Waals surface area contributed by atoms with Crippen LogP contribution in [0.15, 0.2) is 0 Å². The van der Waals surface area contributed by atoms with E-state index >= 15 is 0 Å². The second-order valence-corrected chi connectivity index (χ2v) is 1.92. The third-order valence-electron chi connectivity index (χ3n) is 0.939. The van der Waals surface area contributed by atoms with Gasteiger partial charge in [0.05, 0.1) is 0 Å². The third kappa shape index (κ3) is 3.70. The predicted octanol–water partition coefficient (Wildman–Crippen LogP) is 1.03. The van der Waals surface area contributed by atoms with Gasteiger partial charge in [-0.3, -0.25) is 0 Å². The number of aliphatic hydroxyl groups is 1. The number of aliphatic hydroxyl groups excluding tert-OH is 1. The molecule has 0 aliphatic carbocycles. The third-order valence-corrected chi connectivity index (χ3v) is 0.939. The van der Waals surface area contributed by atoms with E-state index in [1.54, 1.807) is 0 Å². The van der Waals surface area contributed by atoms with E-state index in [1.165, 1.54) is 0 Å². The first-order chi connectivity index (χ1) is 3.81. The first-order valence-electron chi connectivity index (χ1n) is 2.81. The molecule has 0 radical (unpaired) electrons. The lowest BCUT2D eigenvalue weighted by molar-refractivity contribution is 0.240. The van der Waals surface area contributed by atoms with Gasteiger partial charge >= 0.3 is 0 Å². The molecule has 1 nitrogen and oxygen atoms in total. The summed E-state index contributed by atoms with van der Waals surface area (Å²) < 4.78 is 0. The highest BCUT2D eigenvalue weighted by Crippen LogP contribution is 1.96. The molecule has 0 aromatic rings. The maximum Gasteiger partial charge on any atom is 0.0465 e. The zero-order chi connectivity index (χ0) is 6.41. The quantitative estimate of drug-likeness (QED) is 0.529. The summed E-state index contributed by atoms with van der Waals surface area (Å²) in [6, 6.07) is 0. The molecular weight excluding hydrogens is 100 g/mol. The molecule has 0 aromatic heterocycles. The Balaban J connectivity index is 3.19. The lowest BCUT2D eigenvalue weighted by Gasteiger charge is -1.98. The van der Waals surface area contributed by atoms with Gasteiger partial charge in [0, 0.05) is 13.0 Å². The minimum Gasteiger partial charge on any atom is -0.396 e. The molecule has 0 bridgehead atoms. The summed E-state index contributed by atoms with van der Waals surface area (Å²) in [6.07, 6.45) is 0.812. The second kappa shape index (κ2) is 4.67. The van der Waals surface area contributed by atoms with Crippen molar-refractivity contribution >= 4 is 0 Å². The van der Waals surface area contributed by atoms with Crippen molar-refractivity contribution in [2.45, 2.75) is 20.3 Å². The van der Waals surface area contributed by atoms with Gasteiger partial charge in [-0.1, -0.05) is 6.92 Å². The minimum absolute atomic E-state index is 0.245. The highest BCUT2D eigenvalue weighted by Gasteiger charge is 1.93. The molecule has 0 saturated carbocycles. The highest BCUT2D eigenvalue weighted by atomic mass is 16.3. The minimum atomic E-state index is 0.245. The standard InChI is InChI=1S/C7H12O/c1-3-4-5-7(2)6-8/h7-8H,5-6H2,1-2H3/t7-/m1/s1.